The van der Waals surface area contributed by atoms with Crippen molar-refractivity contribution in [2.75, 3.05) is 0 Å². The summed E-state index contributed by atoms with van der Waals surface area (Å²) in [6.45, 7) is 0. The highest BCUT2D eigenvalue weighted by molar-refractivity contribution is 7.85. The molecule has 2 atom stereocenters. The fourth-order valence-corrected chi connectivity index (χ4v) is 1.95. The Balaban J connectivity index is 2.49. The van der Waals surface area contributed by atoms with E-state index in [2.05, 4.69) is 25.3 Å². The summed E-state index contributed by atoms with van der Waals surface area (Å²) in [5.41, 5.74) is 0. The van der Waals surface area contributed by atoms with E-state index >= 15 is 0 Å². The molecule has 0 spiro atoms. The summed E-state index contributed by atoms with van der Waals surface area (Å²) in [6, 6.07) is 0. The predicted octanol–water partition coefficient (Wildman–Crippen LogP) is 1.08. The van der Waals surface area contributed by atoms with Crippen molar-refractivity contribution in [1.29, 1.82) is 0 Å². The summed E-state index contributed by atoms with van der Waals surface area (Å²) >= 11 is 8.40. The van der Waals surface area contributed by atoms with Crippen LogP contribution in [0.5, 0.6) is 0 Å². The number of hydrogen-bond acceptors (Lipinski definition) is 3. The molecule has 1 saturated carbocycles. The minimum atomic E-state index is -0.712. The van der Waals surface area contributed by atoms with E-state index in [-0.39, 0.29) is 16.4 Å². The lowest BCUT2D eigenvalue weighted by molar-refractivity contribution is -0.141. The third kappa shape index (κ3) is 1.61. The summed E-state index contributed by atoms with van der Waals surface area (Å²) in [6.07, 6.45) is 1.32. The molecule has 0 aromatic carbocycles. The van der Waals surface area contributed by atoms with Gasteiger partial charge in [0.05, 0.1) is 5.92 Å². The van der Waals surface area contributed by atoms with Gasteiger partial charge in [-0.3, -0.25) is 4.79 Å². The van der Waals surface area contributed by atoms with Crippen molar-refractivity contribution in [3.8, 4) is 0 Å². The van der Waals surface area contributed by atoms with Crippen molar-refractivity contribution in [3.05, 3.63) is 0 Å². The van der Waals surface area contributed by atoms with E-state index in [9.17, 15) is 4.79 Å². The van der Waals surface area contributed by atoms with Crippen molar-refractivity contribution in [2.45, 2.75) is 23.3 Å². The summed E-state index contributed by atoms with van der Waals surface area (Å²) in [7, 11) is 0. The van der Waals surface area contributed by atoms with Crippen LogP contribution in [0.4, 0.5) is 0 Å². The average molecular weight is 178 g/mol. The molecule has 0 radical (unpaired) electrons. The minimum absolute atomic E-state index is 0.157. The van der Waals surface area contributed by atoms with E-state index in [4.69, 9.17) is 5.11 Å². The Labute approximate surface area is 70.8 Å². The van der Waals surface area contributed by atoms with E-state index in [1.807, 2.05) is 0 Å². The maximum absolute atomic E-state index is 10.4. The minimum Gasteiger partial charge on any atom is -0.481 e. The number of carboxylic acid groups (broad SMARTS) is 1. The van der Waals surface area contributed by atoms with Crippen LogP contribution < -0.4 is 0 Å². The molecule has 2 nitrogen and oxygen atoms in total. The lowest BCUT2D eigenvalue weighted by atomic mass is 10.1. The van der Waals surface area contributed by atoms with E-state index in [1.165, 1.54) is 0 Å². The van der Waals surface area contributed by atoms with Gasteiger partial charge in [-0.15, -0.1) is 0 Å². The normalized spacial score (nSPS) is 40.0. The fraction of sp³-hybridized carbons (Fsp3) is 0.833. The SMILES string of the molecule is O=C(O)C1CC(S)C(S)C1. The molecule has 0 aromatic heterocycles. The molecule has 0 saturated heterocycles. The van der Waals surface area contributed by atoms with Crippen molar-refractivity contribution < 1.29 is 9.90 Å². The van der Waals surface area contributed by atoms with Gasteiger partial charge in [0.25, 0.3) is 0 Å². The number of hydrogen-bond donors (Lipinski definition) is 3. The Kier molecular flexibility index (Phi) is 2.52. The molecular formula is C6H10O2S2. The van der Waals surface area contributed by atoms with Crippen LogP contribution in [0.3, 0.4) is 0 Å². The Bertz CT molecular complexity index is 139. The molecule has 1 fully saturated rings. The fourth-order valence-electron chi connectivity index (χ4n) is 1.20. The van der Waals surface area contributed by atoms with Gasteiger partial charge in [0.15, 0.2) is 0 Å². The van der Waals surface area contributed by atoms with Crippen LogP contribution >= 0.6 is 25.3 Å². The molecule has 0 amide bonds. The standard InChI is InChI=1S/C6H10O2S2/c7-6(8)3-1-4(9)5(10)2-3/h3-5,9-10H,1-2H2,(H,7,8). The van der Waals surface area contributed by atoms with Crippen LogP contribution in [0.15, 0.2) is 0 Å². The van der Waals surface area contributed by atoms with Gasteiger partial charge in [-0.05, 0) is 12.8 Å². The molecule has 4 heteroatoms. The lowest BCUT2D eigenvalue weighted by Crippen LogP contribution is -2.09. The van der Waals surface area contributed by atoms with E-state index in [0.717, 1.165) is 0 Å². The predicted molar refractivity (Wildman–Crippen MR) is 45.9 cm³/mol. The molecule has 1 aliphatic carbocycles. The average Bonchev–Trinajstić information content (AvgIpc) is 2.13. The summed E-state index contributed by atoms with van der Waals surface area (Å²) in [5, 5.41) is 8.89. The van der Waals surface area contributed by atoms with Gasteiger partial charge < -0.3 is 5.11 Å². The third-order valence-corrected chi connectivity index (χ3v) is 3.22. The first kappa shape index (κ1) is 8.27. The zero-order valence-corrected chi connectivity index (χ0v) is 7.19. The first-order valence-corrected chi connectivity index (χ1v) is 4.23. The molecular weight excluding hydrogens is 168 g/mol. The van der Waals surface area contributed by atoms with Crippen molar-refractivity contribution >= 4 is 31.2 Å². The largest absolute Gasteiger partial charge is 0.481 e. The van der Waals surface area contributed by atoms with Gasteiger partial charge in [-0.1, -0.05) is 0 Å². The van der Waals surface area contributed by atoms with Crippen LogP contribution in [-0.4, -0.2) is 21.6 Å². The molecule has 0 aromatic rings. The van der Waals surface area contributed by atoms with E-state index in [0.29, 0.717) is 12.8 Å². The van der Waals surface area contributed by atoms with Crippen LogP contribution in [0, 0.1) is 5.92 Å². The topological polar surface area (TPSA) is 37.3 Å². The van der Waals surface area contributed by atoms with Gasteiger partial charge in [0.2, 0.25) is 0 Å². The highest BCUT2D eigenvalue weighted by Crippen LogP contribution is 2.32. The van der Waals surface area contributed by atoms with Crippen LogP contribution in [0.1, 0.15) is 12.8 Å². The van der Waals surface area contributed by atoms with Crippen molar-refractivity contribution in [2.24, 2.45) is 5.92 Å². The van der Waals surface area contributed by atoms with Gasteiger partial charge >= 0.3 is 5.97 Å². The molecule has 0 bridgehead atoms. The Morgan fingerprint density at radius 1 is 1.30 bits per heavy atom. The van der Waals surface area contributed by atoms with Crippen molar-refractivity contribution in [3.63, 3.8) is 0 Å². The molecule has 58 valence electrons. The van der Waals surface area contributed by atoms with Crippen LogP contribution in [0.2, 0.25) is 0 Å². The van der Waals surface area contributed by atoms with E-state index in [1.54, 1.807) is 0 Å². The summed E-state index contributed by atoms with van der Waals surface area (Å²) in [4.78, 5) is 10.4. The zero-order chi connectivity index (χ0) is 7.72. The Morgan fingerprint density at radius 2 is 1.70 bits per heavy atom. The van der Waals surface area contributed by atoms with Gasteiger partial charge in [-0.25, -0.2) is 0 Å². The van der Waals surface area contributed by atoms with Gasteiger partial charge in [-0.2, -0.15) is 25.3 Å². The van der Waals surface area contributed by atoms with Gasteiger partial charge in [0, 0.05) is 10.5 Å². The monoisotopic (exact) mass is 178 g/mol. The molecule has 0 heterocycles. The number of carbonyl (C=O) groups is 1. The second kappa shape index (κ2) is 3.05. The smallest absolute Gasteiger partial charge is 0.306 e. The third-order valence-electron chi connectivity index (χ3n) is 1.85. The Morgan fingerprint density at radius 3 is 1.90 bits per heavy atom. The van der Waals surface area contributed by atoms with Gasteiger partial charge in [0.1, 0.15) is 0 Å². The molecule has 2 unspecified atom stereocenters. The first-order valence-electron chi connectivity index (χ1n) is 3.20. The second-order valence-electron chi connectivity index (χ2n) is 2.64. The van der Waals surface area contributed by atoms with Crippen LogP contribution in [-0.2, 0) is 4.79 Å². The number of aliphatic carboxylic acids is 1. The van der Waals surface area contributed by atoms with Crippen molar-refractivity contribution in [1.82, 2.24) is 0 Å². The summed E-state index contributed by atoms with van der Waals surface area (Å²) in [5.74, 6) is -0.930. The molecule has 0 aliphatic heterocycles. The molecule has 1 rings (SSSR count). The quantitative estimate of drug-likeness (QED) is 0.526. The second-order valence-corrected chi connectivity index (χ2v) is 3.97. The maximum atomic E-state index is 10.4. The zero-order valence-electron chi connectivity index (χ0n) is 5.40. The van der Waals surface area contributed by atoms with E-state index < -0.39 is 5.97 Å². The number of thiol groups is 2. The highest BCUT2D eigenvalue weighted by Gasteiger charge is 2.33. The van der Waals surface area contributed by atoms with Crippen LogP contribution in [0.25, 0.3) is 0 Å². The number of carboxylic acids is 1. The summed E-state index contributed by atoms with van der Waals surface area (Å²) < 4.78 is 0. The molecule has 10 heavy (non-hydrogen) atoms. The lowest BCUT2D eigenvalue weighted by Gasteiger charge is -2.03. The highest BCUT2D eigenvalue weighted by atomic mass is 32.1. The molecule has 1 N–H and O–H groups in total. The molecule has 1 aliphatic rings. The maximum Gasteiger partial charge on any atom is 0.306 e. The number of rotatable bonds is 1. The first-order chi connectivity index (χ1) is 4.61. The Hall–Kier alpha value is 0.170.